The van der Waals surface area contributed by atoms with Gasteiger partial charge in [-0.1, -0.05) is 6.92 Å². The lowest BCUT2D eigenvalue weighted by Crippen LogP contribution is -2.34. The Morgan fingerprint density at radius 3 is 2.62 bits per heavy atom. The monoisotopic (exact) mass is 225 g/mol. The second-order valence-corrected chi connectivity index (χ2v) is 3.93. The quantitative estimate of drug-likeness (QED) is 0.832. The average molecular weight is 225 g/mol. The van der Waals surface area contributed by atoms with Crippen molar-refractivity contribution < 1.29 is 14.6 Å². The van der Waals surface area contributed by atoms with Gasteiger partial charge in [0.15, 0.2) is 0 Å². The number of pyridine rings is 1. The maximum Gasteiger partial charge on any atom is 0.137 e. The number of hydrogen-bond acceptors (Lipinski definition) is 4. The summed E-state index contributed by atoms with van der Waals surface area (Å²) in [6.07, 6.45) is 3.22. The number of aromatic nitrogens is 1. The highest BCUT2D eigenvalue weighted by atomic mass is 16.5. The highest BCUT2D eigenvalue weighted by Crippen LogP contribution is 2.32. The Balaban J connectivity index is 2.98. The zero-order valence-electron chi connectivity index (χ0n) is 10.2. The van der Waals surface area contributed by atoms with Gasteiger partial charge >= 0.3 is 0 Å². The third kappa shape index (κ3) is 2.51. The molecule has 0 aromatic carbocycles. The van der Waals surface area contributed by atoms with E-state index in [0.717, 1.165) is 0 Å². The van der Waals surface area contributed by atoms with E-state index in [2.05, 4.69) is 4.98 Å². The van der Waals surface area contributed by atoms with Gasteiger partial charge in [0.05, 0.1) is 18.9 Å². The van der Waals surface area contributed by atoms with Gasteiger partial charge in [-0.3, -0.25) is 4.98 Å². The summed E-state index contributed by atoms with van der Waals surface area (Å²) in [4.78, 5) is 4.02. The van der Waals surface area contributed by atoms with E-state index in [0.29, 0.717) is 17.7 Å². The van der Waals surface area contributed by atoms with E-state index < -0.39 is 11.7 Å². The average Bonchev–Trinajstić information content (AvgIpc) is 2.37. The van der Waals surface area contributed by atoms with E-state index in [1.165, 1.54) is 0 Å². The fraction of sp³-hybridized carbons (Fsp3) is 0.583. The molecule has 1 rings (SSSR count). The Hall–Kier alpha value is -1.13. The third-order valence-corrected chi connectivity index (χ3v) is 3.03. The molecule has 16 heavy (non-hydrogen) atoms. The summed E-state index contributed by atoms with van der Waals surface area (Å²) in [7, 11) is 3.17. The van der Waals surface area contributed by atoms with Crippen LogP contribution in [0.3, 0.4) is 0 Å². The largest absolute Gasteiger partial charge is 0.495 e. The molecule has 0 amide bonds. The second kappa shape index (κ2) is 5.27. The van der Waals surface area contributed by atoms with E-state index in [4.69, 9.17) is 9.47 Å². The molecule has 2 unspecified atom stereocenters. The first-order valence-corrected chi connectivity index (χ1v) is 5.29. The number of aliphatic hydroxyl groups excluding tert-OH is 1. The first kappa shape index (κ1) is 12.9. The van der Waals surface area contributed by atoms with Gasteiger partial charge in [0.2, 0.25) is 0 Å². The van der Waals surface area contributed by atoms with Crippen LogP contribution in [0.5, 0.6) is 5.75 Å². The molecule has 0 aliphatic heterocycles. The van der Waals surface area contributed by atoms with E-state index in [1.807, 2.05) is 13.8 Å². The van der Waals surface area contributed by atoms with Gasteiger partial charge in [-0.05, 0) is 19.4 Å². The molecule has 4 nitrogen and oxygen atoms in total. The highest BCUT2D eigenvalue weighted by molar-refractivity contribution is 5.26. The summed E-state index contributed by atoms with van der Waals surface area (Å²) < 4.78 is 10.4. The molecule has 2 atom stereocenters. The van der Waals surface area contributed by atoms with Crippen molar-refractivity contribution in [3.05, 3.63) is 24.0 Å². The standard InChI is InChI=1S/C12H19NO3/c1-5-12(2,16-4)11(14)9-6-10(15-3)8-13-7-9/h6-8,11,14H,5H2,1-4H3. The van der Waals surface area contributed by atoms with Gasteiger partial charge < -0.3 is 14.6 Å². The van der Waals surface area contributed by atoms with Gasteiger partial charge in [0.1, 0.15) is 11.9 Å². The van der Waals surface area contributed by atoms with Gasteiger partial charge in [-0.2, -0.15) is 0 Å². The number of nitrogens with zero attached hydrogens (tertiary/aromatic N) is 1. The summed E-state index contributed by atoms with van der Waals surface area (Å²) in [6.45, 7) is 3.84. The zero-order chi connectivity index (χ0) is 12.2. The Kier molecular flexibility index (Phi) is 4.26. The van der Waals surface area contributed by atoms with Gasteiger partial charge in [-0.15, -0.1) is 0 Å². The van der Waals surface area contributed by atoms with E-state index in [9.17, 15) is 5.11 Å². The van der Waals surface area contributed by atoms with Gasteiger partial charge in [-0.25, -0.2) is 0 Å². The van der Waals surface area contributed by atoms with Crippen molar-refractivity contribution in [1.29, 1.82) is 0 Å². The van der Waals surface area contributed by atoms with Crippen LogP contribution in [0.2, 0.25) is 0 Å². The Bertz CT molecular complexity index is 337. The lowest BCUT2D eigenvalue weighted by Gasteiger charge is -2.32. The van der Waals surface area contributed by atoms with Gasteiger partial charge in [0.25, 0.3) is 0 Å². The molecular weight excluding hydrogens is 206 g/mol. The van der Waals surface area contributed by atoms with Gasteiger partial charge in [0, 0.05) is 18.9 Å². The molecule has 1 aromatic rings. The van der Waals surface area contributed by atoms with Crippen LogP contribution >= 0.6 is 0 Å². The summed E-state index contributed by atoms with van der Waals surface area (Å²) in [6, 6.07) is 1.77. The number of rotatable bonds is 5. The van der Waals surface area contributed by atoms with Crippen LogP contribution in [0.1, 0.15) is 31.9 Å². The molecule has 0 saturated carbocycles. The van der Waals surface area contributed by atoms with Crippen LogP contribution in [0.4, 0.5) is 0 Å². The van der Waals surface area contributed by atoms with Crippen LogP contribution in [0.25, 0.3) is 0 Å². The van der Waals surface area contributed by atoms with Crippen LogP contribution in [-0.4, -0.2) is 29.9 Å². The summed E-state index contributed by atoms with van der Waals surface area (Å²) in [5.74, 6) is 0.631. The predicted molar refractivity (Wildman–Crippen MR) is 61.5 cm³/mol. The van der Waals surface area contributed by atoms with Crippen molar-refractivity contribution in [3.8, 4) is 5.75 Å². The molecule has 0 bridgehead atoms. The summed E-state index contributed by atoms with van der Waals surface area (Å²) in [5.41, 5.74) is 0.0965. The van der Waals surface area contributed by atoms with Crippen LogP contribution in [0, 0.1) is 0 Å². The minimum Gasteiger partial charge on any atom is -0.495 e. The van der Waals surface area contributed by atoms with Crippen LogP contribution < -0.4 is 4.74 Å². The Morgan fingerprint density at radius 2 is 2.12 bits per heavy atom. The van der Waals surface area contributed by atoms with E-state index in [-0.39, 0.29) is 0 Å². The first-order chi connectivity index (χ1) is 7.57. The Labute approximate surface area is 96.2 Å². The molecule has 4 heteroatoms. The molecule has 1 heterocycles. The maximum absolute atomic E-state index is 10.2. The smallest absolute Gasteiger partial charge is 0.137 e. The van der Waals surface area contributed by atoms with E-state index >= 15 is 0 Å². The molecule has 0 radical (unpaired) electrons. The first-order valence-electron chi connectivity index (χ1n) is 5.29. The number of aliphatic hydroxyl groups is 1. The number of hydrogen-bond donors (Lipinski definition) is 1. The van der Waals surface area contributed by atoms with Crippen molar-refractivity contribution in [2.45, 2.75) is 32.0 Å². The second-order valence-electron chi connectivity index (χ2n) is 3.93. The molecule has 1 aromatic heterocycles. The molecular formula is C12H19NO3. The predicted octanol–water partition coefficient (Wildman–Crippen LogP) is 1.94. The Morgan fingerprint density at radius 1 is 1.44 bits per heavy atom. The maximum atomic E-state index is 10.2. The van der Waals surface area contributed by atoms with Crippen molar-refractivity contribution in [3.63, 3.8) is 0 Å². The number of methoxy groups -OCH3 is 2. The third-order valence-electron chi connectivity index (χ3n) is 3.03. The van der Waals surface area contributed by atoms with Crippen molar-refractivity contribution in [1.82, 2.24) is 4.98 Å². The molecule has 0 aliphatic carbocycles. The van der Waals surface area contributed by atoms with Crippen LogP contribution in [0.15, 0.2) is 18.5 Å². The highest BCUT2D eigenvalue weighted by Gasteiger charge is 2.32. The lowest BCUT2D eigenvalue weighted by molar-refractivity contribution is -0.0945. The van der Waals surface area contributed by atoms with Crippen molar-refractivity contribution in [2.75, 3.05) is 14.2 Å². The fourth-order valence-corrected chi connectivity index (χ4v) is 1.50. The minimum absolute atomic E-state index is 0.603. The van der Waals surface area contributed by atoms with Crippen molar-refractivity contribution >= 4 is 0 Å². The normalized spacial score (nSPS) is 16.6. The molecule has 0 saturated heterocycles. The van der Waals surface area contributed by atoms with Crippen LogP contribution in [-0.2, 0) is 4.74 Å². The molecule has 0 aliphatic rings. The summed E-state index contributed by atoms with van der Waals surface area (Å²) in [5, 5.41) is 10.2. The number of ether oxygens (including phenoxy) is 2. The minimum atomic E-state index is -0.718. The molecule has 0 spiro atoms. The van der Waals surface area contributed by atoms with E-state index in [1.54, 1.807) is 32.7 Å². The lowest BCUT2D eigenvalue weighted by atomic mass is 9.91. The molecule has 1 N–H and O–H groups in total. The SMILES string of the molecule is CCC(C)(OC)C(O)c1cncc(OC)c1. The molecule has 0 fully saturated rings. The van der Waals surface area contributed by atoms with Crippen molar-refractivity contribution in [2.24, 2.45) is 0 Å². The molecule has 90 valence electrons. The topological polar surface area (TPSA) is 51.6 Å². The fourth-order valence-electron chi connectivity index (χ4n) is 1.50. The summed E-state index contributed by atoms with van der Waals surface area (Å²) >= 11 is 0. The zero-order valence-corrected chi connectivity index (χ0v) is 10.2.